The zero-order valence-electron chi connectivity index (χ0n) is 21.9. The number of nitro groups is 2. The van der Waals surface area contributed by atoms with Crippen LogP contribution in [0.3, 0.4) is 0 Å². The molecule has 0 radical (unpaired) electrons. The van der Waals surface area contributed by atoms with E-state index in [0.29, 0.717) is 11.1 Å². The van der Waals surface area contributed by atoms with Crippen LogP contribution in [0.5, 0.6) is 0 Å². The van der Waals surface area contributed by atoms with E-state index in [2.05, 4.69) is 0 Å². The van der Waals surface area contributed by atoms with Crippen molar-refractivity contribution < 1.29 is 33.6 Å². The Kier molecular flexibility index (Phi) is 7.34. The number of nitrogens with zero attached hydrogens (tertiary/aromatic N) is 2. The Hall–Kier alpha value is -5.13. The highest BCUT2D eigenvalue weighted by Crippen LogP contribution is 2.50. The van der Waals surface area contributed by atoms with Crippen LogP contribution in [0.2, 0.25) is 0 Å². The van der Waals surface area contributed by atoms with E-state index in [1.807, 2.05) is 60.7 Å². The fraction of sp³-hybridized carbons (Fsp3) is 0.194. The lowest BCUT2D eigenvalue weighted by Gasteiger charge is -2.20. The number of epoxide rings is 2. The Labute approximate surface area is 239 Å². The summed E-state index contributed by atoms with van der Waals surface area (Å²) in [4.78, 5) is 34.7. The van der Waals surface area contributed by atoms with Crippen LogP contribution in [0.15, 0.2) is 109 Å². The van der Waals surface area contributed by atoms with Crippen molar-refractivity contribution in [3.05, 3.63) is 152 Å². The standard InChI is InChI=1S/C31H24N2O9/c34-31(41-27(21-11-15-23(16-12-21)32(35)36)29-25(39-29)19-7-3-1-4-8-19)42-28(22-13-17-24(18-14-22)33(37)38)30-26(40-30)20-9-5-2-6-10-20/h1-18,25-30H/t25-,26-,27?,28?,29-,30-/m0/s1. The van der Waals surface area contributed by atoms with Gasteiger partial charge in [-0.15, -0.1) is 0 Å². The van der Waals surface area contributed by atoms with E-state index < -0.39 is 40.4 Å². The summed E-state index contributed by atoms with van der Waals surface area (Å²) < 4.78 is 23.5. The predicted octanol–water partition coefficient (Wildman–Crippen LogP) is 6.72. The quantitative estimate of drug-likeness (QED) is 0.0880. The molecule has 0 spiro atoms. The van der Waals surface area contributed by atoms with Crippen LogP contribution in [0.25, 0.3) is 0 Å². The number of carbonyl (C=O) groups excluding carboxylic acids is 1. The van der Waals surface area contributed by atoms with E-state index in [9.17, 15) is 25.0 Å². The molecule has 42 heavy (non-hydrogen) atoms. The van der Waals surface area contributed by atoms with Crippen molar-refractivity contribution in [2.24, 2.45) is 0 Å². The molecule has 2 unspecified atom stereocenters. The van der Waals surface area contributed by atoms with Crippen LogP contribution in [0.4, 0.5) is 16.2 Å². The van der Waals surface area contributed by atoms with Crippen LogP contribution in [0, 0.1) is 20.2 Å². The summed E-state index contributed by atoms with van der Waals surface area (Å²) in [5.41, 5.74) is 2.58. The average Bonchev–Trinajstić information content (AvgIpc) is 3.95. The summed E-state index contributed by atoms with van der Waals surface area (Å²) in [6.45, 7) is 0. The molecule has 0 aliphatic carbocycles. The monoisotopic (exact) mass is 568 g/mol. The third-order valence-electron chi connectivity index (χ3n) is 7.22. The first-order chi connectivity index (χ1) is 20.4. The van der Waals surface area contributed by atoms with Crippen molar-refractivity contribution in [1.29, 1.82) is 0 Å². The molecule has 0 aromatic heterocycles. The number of ether oxygens (including phenoxy) is 4. The summed E-state index contributed by atoms with van der Waals surface area (Å²) in [7, 11) is 0. The third-order valence-corrected chi connectivity index (χ3v) is 7.22. The molecular weight excluding hydrogens is 544 g/mol. The Bertz CT molecular complexity index is 1460. The molecule has 4 aromatic rings. The molecule has 0 bridgehead atoms. The van der Waals surface area contributed by atoms with Gasteiger partial charge in [-0.2, -0.15) is 0 Å². The van der Waals surface area contributed by atoms with E-state index in [1.54, 1.807) is 0 Å². The number of non-ortho nitro benzene ring substituents is 2. The molecule has 2 saturated heterocycles. The third kappa shape index (κ3) is 5.82. The topological polar surface area (TPSA) is 147 Å². The Morgan fingerprint density at radius 1 is 0.595 bits per heavy atom. The lowest BCUT2D eigenvalue weighted by atomic mass is 10.0. The van der Waals surface area contributed by atoms with E-state index in [-0.39, 0.29) is 23.6 Å². The largest absolute Gasteiger partial charge is 0.509 e. The maximum absolute atomic E-state index is 13.3. The molecule has 11 heteroatoms. The molecule has 11 nitrogen and oxygen atoms in total. The van der Waals surface area contributed by atoms with Crippen LogP contribution in [-0.2, 0) is 18.9 Å². The number of hydrogen-bond acceptors (Lipinski definition) is 9. The van der Waals surface area contributed by atoms with Gasteiger partial charge >= 0.3 is 6.16 Å². The second-order valence-electron chi connectivity index (χ2n) is 9.89. The first-order valence-corrected chi connectivity index (χ1v) is 13.2. The number of rotatable bonds is 10. The van der Waals surface area contributed by atoms with Crippen molar-refractivity contribution in [2.75, 3.05) is 0 Å². The van der Waals surface area contributed by atoms with Crippen LogP contribution in [0.1, 0.15) is 46.7 Å². The van der Waals surface area contributed by atoms with Crippen molar-refractivity contribution in [2.45, 2.75) is 36.6 Å². The minimum absolute atomic E-state index is 0.104. The van der Waals surface area contributed by atoms with Crippen molar-refractivity contribution in [1.82, 2.24) is 0 Å². The van der Waals surface area contributed by atoms with Gasteiger partial charge in [-0.05, 0) is 46.5 Å². The van der Waals surface area contributed by atoms with Gasteiger partial charge in [0.2, 0.25) is 0 Å². The highest BCUT2D eigenvalue weighted by molar-refractivity contribution is 5.61. The maximum atomic E-state index is 13.3. The SMILES string of the molecule is O=C(OC(c1ccc([N+](=O)[O-])cc1)[C@H]1O[C@H]1c1ccccc1)OC(c1ccc([N+](=O)[O-])cc1)[C@H]1O[C@H]1c1ccccc1. The highest BCUT2D eigenvalue weighted by atomic mass is 16.8. The van der Waals surface area contributed by atoms with Gasteiger partial charge in [0.05, 0.1) is 9.85 Å². The molecule has 2 fully saturated rings. The molecule has 0 N–H and O–H groups in total. The van der Waals surface area contributed by atoms with Gasteiger partial charge in [0.1, 0.15) is 24.4 Å². The van der Waals surface area contributed by atoms with Crippen LogP contribution >= 0.6 is 0 Å². The van der Waals surface area contributed by atoms with Crippen LogP contribution < -0.4 is 0 Å². The number of benzene rings is 4. The number of hydrogen-bond donors (Lipinski definition) is 0. The zero-order chi connectivity index (χ0) is 29.2. The Morgan fingerprint density at radius 3 is 1.29 bits per heavy atom. The molecule has 2 aliphatic rings. The van der Waals surface area contributed by atoms with Gasteiger partial charge in [0, 0.05) is 24.3 Å². The second kappa shape index (κ2) is 11.4. The molecule has 2 heterocycles. The van der Waals surface area contributed by atoms with Crippen LogP contribution in [-0.4, -0.2) is 28.2 Å². The minimum Gasteiger partial charge on any atom is -0.423 e. The fourth-order valence-corrected chi connectivity index (χ4v) is 4.99. The van der Waals surface area contributed by atoms with Crippen molar-refractivity contribution in [3.63, 3.8) is 0 Å². The van der Waals surface area contributed by atoms with Crippen molar-refractivity contribution in [3.8, 4) is 0 Å². The highest BCUT2D eigenvalue weighted by Gasteiger charge is 2.51. The molecule has 212 valence electrons. The molecule has 6 atom stereocenters. The summed E-state index contributed by atoms with van der Waals surface area (Å²) in [6.07, 6.45) is -4.65. The Balaban J connectivity index is 1.24. The van der Waals surface area contributed by atoms with Gasteiger partial charge < -0.3 is 18.9 Å². The maximum Gasteiger partial charge on any atom is 0.509 e. The van der Waals surface area contributed by atoms with Gasteiger partial charge in [0.25, 0.3) is 11.4 Å². The molecule has 0 saturated carbocycles. The molecule has 0 amide bonds. The summed E-state index contributed by atoms with van der Waals surface area (Å²) in [6, 6.07) is 30.2. The average molecular weight is 569 g/mol. The van der Waals surface area contributed by atoms with Gasteiger partial charge in [-0.25, -0.2) is 4.79 Å². The molecule has 6 rings (SSSR count). The van der Waals surface area contributed by atoms with Gasteiger partial charge in [0.15, 0.2) is 12.2 Å². The smallest absolute Gasteiger partial charge is 0.423 e. The van der Waals surface area contributed by atoms with E-state index in [4.69, 9.17) is 18.9 Å². The lowest BCUT2D eigenvalue weighted by molar-refractivity contribution is -0.385. The molecule has 2 aliphatic heterocycles. The zero-order valence-corrected chi connectivity index (χ0v) is 21.9. The van der Waals surface area contributed by atoms with Gasteiger partial charge in [-0.1, -0.05) is 60.7 Å². The number of nitro benzene ring substituents is 2. The van der Waals surface area contributed by atoms with Gasteiger partial charge in [-0.3, -0.25) is 20.2 Å². The second-order valence-corrected chi connectivity index (χ2v) is 9.89. The van der Waals surface area contributed by atoms with E-state index in [1.165, 1.54) is 48.5 Å². The first-order valence-electron chi connectivity index (χ1n) is 13.2. The van der Waals surface area contributed by atoms with Crippen molar-refractivity contribution >= 4 is 17.5 Å². The number of carbonyl (C=O) groups is 1. The first kappa shape index (κ1) is 27.1. The van der Waals surface area contributed by atoms with E-state index >= 15 is 0 Å². The molecule has 4 aromatic carbocycles. The summed E-state index contributed by atoms with van der Waals surface area (Å²) >= 11 is 0. The lowest BCUT2D eigenvalue weighted by Crippen LogP contribution is -2.22. The molecular formula is C31H24N2O9. The Morgan fingerprint density at radius 2 is 0.952 bits per heavy atom. The minimum atomic E-state index is -1.01. The normalized spacial score (nSPS) is 21.9. The summed E-state index contributed by atoms with van der Waals surface area (Å²) in [5, 5.41) is 22.4. The fourth-order valence-electron chi connectivity index (χ4n) is 4.99. The predicted molar refractivity (Wildman–Crippen MR) is 147 cm³/mol. The van der Waals surface area contributed by atoms with E-state index in [0.717, 1.165) is 11.1 Å². The summed E-state index contributed by atoms with van der Waals surface area (Å²) in [5.74, 6) is 0.